The van der Waals surface area contributed by atoms with Crippen LogP contribution in [0.3, 0.4) is 0 Å². The first-order valence-electron chi connectivity index (χ1n) is 3.84. The van der Waals surface area contributed by atoms with Gasteiger partial charge in [-0.25, -0.2) is 12.8 Å². The molecule has 2 atom stereocenters. The Bertz CT molecular complexity index is 205. The van der Waals surface area contributed by atoms with Crippen LogP contribution in [0, 0.1) is 5.92 Å². The molecule has 0 spiro atoms. The van der Waals surface area contributed by atoms with Crippen molar-refractivity contribution in [3.63, 3.8) is 0 Å². The molecule has 0 aromatic heterocycles. The highest BCUT2D eigenvalue weighted by Crippen LogP contribution is 2.19. The van der Waals surface area contributed by atoms with Gasteiger partial charge in [0.25, 0.3) is 0 Å². The zero-order chi connectivity index (χ0) is 8.48. The molecule has 0 saturated carbocycles. The van der Waals surface area contributed by atoms with E-state index in [1.54, 1.807) is 0 Å². The van der Waals surface area contributed by atoms with E-state index in [4.69, 9.17) is 0 Å². The maximum atomic E-state index is 12.7. The molecule has 1 heterocycles. The van der Waals surface area contributed by atoms with Gasteiger partial charge in [-0.1, -0.05) is 6.92 Å². The molecular weight excluding hydrogens is 167 g/mol. The van der Waals surface area contributed by atoms with Crippen molar-refractivity contribution < 1.29 is 12.8 Å². The van der Waals surface area contributed by atoms with Crippen molar-refractivity contribution in [2.75, 3.05) is 11.5 Å². The maximum Gasteiger partial charge on any atom is 0.153 e. The van der Waals surface area contributed by atoms with Crippen LogP contribution in [0.25, 0.3) is 0 Å². The lowest BCUT2D eigenvalue weighted by Gasteiger charge is -2.03. The average molecular weight is 180 g/mol. The first kappa shape index (κ1) is 8.97. The lowest BCUT2D eigenvalue weighted by Crippen LogP contribution is -2.17. The fourth-order valence-corrected chi connectivity index (χ4v) is 3.30. The van der Waals surface area contributed by atoms with Gasteiger partial charge in [0, 0.05) is 0 Å². The minimum Gasteiger partial charge on any atom is -0.246 e. The van der Waals surface area contributed by atoms with E-state index in [1.165, 1.54) is 0 Å². The monoisotopic (exact) mass is 180 g/mol. The van der Waals surface area contributed by atoms with Gasteiger partial charge in [0.2, 0.25) is 0 Å². The fourth-order valence-electron chi connectivity index (χ4n) is 1.41. The van der Waals surface area contributed by atoms with Crippen LogP contribution in [0.4, 0.5) is 4.39 Å². The van der Waals surface area contributed by atoms with Gasteiger partial charge in [-0.3, -0.25) is 0 Å². The summed E-state index contributed by atoms with van der Waals surface area (Å²) in [6.45, 7) is 1.86. The van der Waals surface area contributed by atoms with Crippen LogP contribution in [0.15, 0.2) is 0 Å². The van der Waals surface area contributed by atoms with Crippen LogP contribution in [-0.4, -0.2) is 26.1 Å². The number of alkyl halides is 1. The van der Waals surface area contributed by atoms with E-state index < -0.39 is 16.0 Å². The highest BCUT2D eigenvalue weighted by Gasteiger charge is 2.25. The van der Waals surface area contributed by atoms with Gasteiger partial charge in [-0.05, 0) is 18.8 Å². The summed E-state index contributed by atoms with van der Waals surface area (Å²) in [4.78, 5) is 0. The van der Waals surface area contributed by atoms with E-state index in [1.807, 2.05) is 6.92 Å². The molecule has 66 valence electrons. The minimum atomic E-state index is -3.09. The van der Waals surface area contributed by atoms with Crippen LogP contribution < -0.4 is 0 Å². The van der Waals surface area contributed by atoms with E-state index in [-0.39, 0.29) is 17.4 Å². The van der Waals surface area contributed by atoms with Crippen LogP contribution >= 0.6 is 0 Å². The van der Waals surface area contributed by atoms with Crippen molar-refractivity contribution in [1.29, 1.82) is 0 Å². The van der Waals surface area contributed by atoms with E-state index in [2.05, 4.69) is 0 Å². The molecule has 0 radical (unpaired) electrons. The molecule has 4 heteroatoms. The fraction of sp³-hybridized carbons (Fsp3) is 1.00. The molecule has 0 aliphatic carbocycles. The molecule has 0 N–H and O–H groups in total. The molecule has 1 aliphatic heterocycles. The summed E-state index contributed by atoms with van der Waals surface area (Å²) in [5.41, 5.74) is 0. The van der Waals surface area contributed by atoms with Crippen molar-refractivity contribution in [1.82, 2.24) is 0 Å². The Morgan fingerprint density at radius 1 is 1.27 bits per heavy atom. The van der Waals surface area contributed by atoms with Crippen molar-refractivity contribution in [2.24, 2.45) is 5.92 Å². The Labute approximate surface area is 66.7 Å². The number of hydrogen-bond acceptors (Lipinski definition) is 2. The summed E-state index contributed by atoms with van der Waals surface area (Å²) < 4.78 is 34.8. The van der Waals surface area contributed by atoms with Gasteiger partial charge in [-0.2, -0.15) is 0 Å². The largest absolute Gasteiger partial charge is 0.246 e. The summed E-state index contributed by atoms with van der Waals surface area (Å²) in [5, 5.41) is 0. The number of sulfone groups is 1. The first-order valence-corrected chi connectivity index (χ1v) is 5.66. The Kier molecular flexibility index (Phi) is 2.52. The van der Waals surface area contributed by atoms with Gasteiger partial charge in [-0.15, -0.1) is 0 Å². The van der Waals surface area contributed by atoms with Crippen LogP contribution in [0.2, 0.25) is 0 Å². The Morgan fingerprint density at radius 2 is 1.91 bits per heavy atom. The van der Waals surface area contributed by atoms with Crippen LogP contribution in [0.5, 0.6) is 0 Å². The second kappa shape index (κ2) is 3.09. The van der Waals surface area contributed by atoms with E-state index in [9.17, 15) is 12.8 Å². The highest BCUT2D eigenvalue weighted by atomic mass is 32.2. The summed E-state index contributed by atoms with van der Waals surface area (Å²) >= 11 is 0. The lowest BCUT2D eigenvalue weighted by atomic mass is 10.1. The molecule has 1 saturated heterocycles. The summed E-state index contributed by atoms with van der Waals surface area (Å²) in [6.07, 6.45) is -0.0363. The van der Waals surface area contributed by atoms with Crippen molar-refractivity contribution in [2.45, 2.75) is 25.9 Å². The van der Waals surface area contributed by atoms with Gasteiger partial charge >= 0.3 is 0 Å². The quantitative estimate of drug-likeness (QED) is 0.560. The molecule has 2 unspecified atom stereocenters. The number of halogens is 1. The van der Waals surface area contributed by atoms with Gasteiger partial charge < -0.3 is 0 Å². The third kappa shape index (κ3) is 2.77. The predicted octanol–water partition coefficient (Wildman–Crippen LogP) is 1.17. The van der Waals surface area contributed by atoms with E-state index >= 15 is 0 Å². The highest BCUT2D eigenvalue weighted by molar-refractivity contribution is 7.91. The average Bonchev–Trinajstić information content (AvgIpc) is 1.89. The van der Waals surface area contributed by atoms with E-state index in [0.29, 0.717) is 12.8 Å². The molecule has 0 aromatic carbocycles. The smallest absolute Gasteiger partial charge is 0.153 e. The topological polar surface area (TPSA) is 34.1 Å². The summed E-state index contributed by atoms with van der Waals surface area (Å²) in [5.74, 6) is 0.0193. The third-order valence-electron chi connectivity index (χ3n) is 1.95. The number of hydrogen-bond donors (Lipinski definition) is 0. The summed E-state index contributed by atoms with van der Waals surface area (Å²) in [7, 11) is -3.09. The predicted molar refractivity (Wildman–Crippen MR) is 41.9 cm³/mol. The Balaban J connectivity index is 2.71. The van der Waals surface area contributed by atoms with Gasteiger partial charge in [0.1, 0.15) is 6.17 Å². The van der Waals surface area contributed by atoms with Crippen LogP contribution in [-0.2, 0) is 9.84 Å². The molecule has 2 nitrogen and oxygen atoms in total. The maximum absolute atomic E-state index is 12.7. The van der Waals surface area contributed by atoms with Crippen molar-refractivity contribution >= 4 is 9.84 Å². The van der Waals surface area contributed by atoms with Crippen molar-refractivity contribution in [3.8, 4) is 0 Å². The molecule has 1 rings (SSSR count). The SMILES string of the molecule is CC1CCC(F)CS(=O)(=O)C1. The van der Waals surface area contributed by atoms with Gasteiger partial charge in [0.15, 0.2) is 9.84 Å². The normalized spacial score (nSPS) is 38.0. The molecular formula is C7H13FO2S. The molecule has 11 heavy (non-hydrogen) atoms. The first-order chi connectivity index (χ1) is 4.99. The third-order valence-corrected chi connectivity index (χ3v) is 3.89. The molecule has 0 amide bonds. The number of rotatable bonds is 0. The van der Waals surface area contributed by atoms with Crippen molar-refractivity contribution in [3.05, 3.63) is 0 Å². The molecule has 0 bridgehead atoms. The standard InChI is InChI=1S/C7H13FO2S/c1-6-2-3-7(8)5-11(9,10)4-6/h6-7H,2-5H2,1H3. The molecule has 0 aromatic rings. The second-order valence-corrected chi connectivity index (χ2v) is 5.51. The minimum absolute atomic E-state index is 0.126. The molecule has 1 fully saturated rings. The summed E-state index contributed by atoms with van der Waals surface area (Å²) in [6, 6.07) is 0. The Morgan fingerprint density at radius 3 is 2.55 bits per heavy atom. The van der Waals surface area contributed by atoms with Gasteiger partial charge in [0.05, 0.1) is 11.5 Å². The Hall–Kier alpha value is -0.120. The zero-order valence-corrected chi connectivity index (χ0v) is 7.40. The zero-order valence-electron chi connectivity index (χ0n) is 6.59. The van der Waals surface area contributed by atoms with Crippen LogP contribution in [0.1, 0.15) is 19.8 Å². The second-order valence-electron chi connectivity index (χ2n) is 3.36. The van der Waals surface area contributed by atoms with E-state index in [0.717, 1.165) is 0 Å². The molecule has 1 aliphatic rings. The lowest BCUT2D eigenvalue weighted by molar-refractivity contribution is 0.329.